The molecule has 0 atom stereocenters. The zero-order valence-corrected chi connectivity index (χ0v) is 14.5. The highest BCUT2D eigenvalue weighted by atomic mass is 16.5. The summed E-state index contributed by atoms with van der Waals surface area (Å²) in [6.45, 7) is 12.8. The summed E-state index contributed by atoms with van der Waals surface area (Å²) in [6.07, 6.45) is 9.95. The fourth-order valence-electron chi connectivity index (χ4n) is 2.15. The van der Waals surface area contributed by atoms with Crippen LogP contribution in [0, 0.1) is 11.8 Å². The summed E-state index contributed by atoms with van der Waals surface area (Å²) in [6, 6.07) is 0. The predicted octanol–water partition coefficient (Wildman–Crippen LogP) is 5.45. The first kappa shape index (κ1) is 19.9. The third-order valence-corrected chi connectivity index (χ3v) is 3.47. The summed E-state index contributed by atoms with van der Waals surface area (Å²) in [5.41, 5.74) is 0. The van der Waals surface area contributed by atoms with Gasteiger partial charge < -0.3 is 9.47 Å². The first-order valence-corrected chi connectivity index (χ1v) is 8.78. The van der Waals surface area contributed by atoms with Crippen molar-refractivity contribution >= 4 is 0 Å². The van der Waals surface area contributed by atoms with E-state index in [0.29, 0.717) is 0 Å². The van der Waals surface area contributed by atoms with Gasteiger partial charge in [-0.1, -0.05) is 40.5 Å². The van der Waals surface area contributed by atoms with Crippen LogP contribution in [0.4, 0.5) is 0 Å². The summed E-state index contributed by atoms with van der Waals surface area (Å²) in [4.78, 5) is 0. The van der Waals surface area contributed by atoms with Crippen molar-refractivity contribution in [3.63, 3.8) is 0 Å². The van der Waals surface area contributed by atoms with Gasteiger partial charge in [0.15, 0.2) is 0 Å². The molecule has 0 aromatic rings. The van der Waals surface area contributed by atoms with E-state index >= 15 is 0 Å². The van der Waals surface area contributed by atoms with Crippen LogP contribution in [0.15, 0.2) is 0 Å². The van der Waals surface area contributed by atoms with Gasteiger partial charge in [0.05, 0.1) is 0 Å². The van der Waals surface area contributed by atoms with Crippen LogP contribution in [0.5, 0.6) is 0 Å². The predicted molar refractivity (Wildman–Crippen MR) is 88.3 cm³/mol. The van der Waals surface area contributed by atoms with Gasteiger partial charge in [0.25, 0.3) is 0 Å². The number of rotatable bonds is 15. The average molecular weight is 286 g/mol. The van der Waals surface area contributed by atoms with E-state index in [1.165, 1.54) is 51.4 Å². The van der Waals surface area contributed by atoms with Crippen molar-refractivity contribution in [1.82, 2.24) is 0 Å². The van der Waals surface area contributed by atoms with E-state index in [2.05, 4.69) is 27.7 Å². The van der Waals surface area contributed by atoms with Crippen LogP contribution < -0.4 is 0 Å². The summed E-state index contributed by atoms with van der Waals surface area (Å²) in [5.74, 6) is 1.61. The molecular formula is C18H38O2. The lowest BCUT2D eigenvalue weighted by molar-refractivity contribution is 0.115. The molecule has 0 amide bonds. The third-order valence-electron chi connectivity index (χ3n) is 3.47. The Hall–Kier alpha value is -0.0800. The van der Waals surface area contributed by atoms with E-state index < -0.39 is 0 Å². The normalized spacial score (nSPS) is 11.7. The number of ether oxygens (including phenoxy) is 2. The lowest BCUT2D eigenvalue weighted by Gasteiger charge is -2.07. The maximum Gasteiger partial charge on any atom is 0.0466 e. The van der Waals surface area contributed by atoms with Crippen molar-refractivity contribution < 1.29 is 9.47 Å². The fourth-order valence-corrected chi connectivity index (χ4v) is 2.15. The monoisotopic (exact) mass is 286 g/mol. The van der Waals surface area contributed by atoms with Gasteiger partial charge in [-0.25, -0.2) is 0 Å². The summed E-state index contributed by atoms with van der Waals surface area (Å²) < 4.78 is 11.3. The molecule has 0 aliphatic heterocycles. The van der Waals surface area contributed by atoms with Crippen LogP contribution in [-0.2, 0) is 9.47 Å². The van der Waals surface area contributed by atoms with Crippen molar-refractivity contribution in [2.24, 2.45) is 11.8 Å². The summed E-state index contributed by atoms with van der Waals surface area (Å²) in [5, 5.41) is 0. The zero-order valence-electron chi connectivity index (χ0n) is 14.5. The molecule has 0 saturated carbocycles. The highest BCUT2D eigenvalue weighted by Crippen LogP contribution is 2.06. The quantitative estimate of drug-likeness (QED) is 0.373. The average Bonchev–Trinajstić information content (AvgIpc) is 2.38. The third kappa shape index (κ3) is 17.9. The van der Waals surface area contributed by atoms with E-state index in [9.17, 15) is 0 Å². The Morgan fingerprint density at radius 3 is 1.20 bits per heavy atom. The second-order valence-corrected chi connectivity index (χ2v) is 6.71. The molecule has 0 radical (unpaired) electrons. The van der Waals surface area contributed by atoms with E-state index in [1.54, 1.807) is 0 Å². The molecule has 0 saturated heterocycles. The minimum Gasteiger partial charge on any atom is -0.381 e. The van der Waals surface area contributed by atoms with Crippen LogP contribution in [-0.4, -0.2) is 26.4 Å². The van der Waals surface area contributed by atoms with Gasteiger partial charge in [0, 0.05) is 26.4 Å². The molecule has 20 heavy (non-hydrogen) atoms. The van der Waals surface area contributed by atoms with Crippen LogP contribution >= 0.6 is 0 Å². The highest BCUT2D eigenvalue weighted by molar-refractivity contribution is 4.47. The van der Waals surface area contributed by atoms with E-state index in [-0.39, 0.29) is 0 Å². The van der Waals surface area contributed by atoms with Crippen LogP contribution in [0.3, 0.4) is 0 Å². The molecule has 122 valence electrons. The molecule has 0 N–H and O–H groups in total. The minimum atomic E-state index is 0.805. The molecule has 2 heteroatoms. The van der Waals surface area contributed by atoms with Crippen molar-refractivity contribution in [3.05, 3.63) is 0 Å². The molecule has 0 spiro atoms. The van der Waals surface area contributed by atoms with Crippen molar-refractivity contribution in [2.75, 3.05) is 26.4 Å². The molecular weight excluding hydrogens is 248 g/mol. The lowest BCUT2D eigenvalue weighted by Crippen LogP contribution is -2.00. The van der Waals surface area contributed by atoms with Gasteiger partial charge in [0.1, 0.15) is 0 Å². The molecule has 0 aromatic carbocycles. The SMILES string of the molecule is CC(C)CCCOCCCCCCOCCCC(C)C. The van der Waals surface area contributed by atoms with Crippen molar-refractivity contribution in [3.8, 4) is 0 Å². The standard InChI is InChI=1S/C18H38O2/c1-17(2)11-9-15-19-13-7-5-6-8-14-20-16-10-12-18(3)4/h17-18H,5-16H2,1-4H3. The highest BCUT2D eigenvalue weighted by Gasteiger charge is 1.96. The minimum absolute atomic E-state index is 0.805. The van der Waals surface area contributed by atoms with Gasteiger partial charge in [0.2, 0.25) is 0 Å². The van der Waals surface area contributed by atoms with Gasteiger partial charge in [-0.3, -0.25) is 0 Å². The molecule has 0 aliphatic carbocycles. The van der Waals surface area contributed by atoms with Crippen molar-refractivity contribution in [2.45, 2.75) is 79.1 Å². The van der Waals surface area contributed by atoms with Crippen LogP contribution in [0.2, 0.25) is 0 Å². The largest absolute Gasteiger partial charge is 0.381 e. The second-order valence-electron chi connectivity index (χ2n) is 6.71. The van der Waals surface area contributed by atoms with Gasteiger partial charge >= 0.3 is 0 Å². The fraction of sp³-hybridized carbons (Fsp3) is 1.00. The van der Waals surface area contributed by atoms with Gasteiger partial charge in [-0.05, 0) is 50.4 Å². The van der Waals surface area contributed by atoms with Gasteiger partial charge in [-0.15, -0.1) is 0 Å². The Morgan fingerprint density at radius 1 is 0.500 bits per heavy atom. The molecule has 0 unspecified atom stereocenters. The van der Waals surface area contributed by atoms with Crippen molar-refractivity contribution in [1.29, 1.82) is 0 Å². The maximum absolute atomic E-state index is 5.63. The van der Waals surface area contributed by atoms with Crippen LogP contribution in [0.25, 0.3) is 0 Å². The molecule has 0 rings (SSSR count). The molecule has 0 heterocycles. The second kappa shape index (κ2) is 15.3. The van der Waals surface area contributed by atoms with Crippen LogP contribution in [0.1, 0.15) is 79.1 Å². The molecule has 2 nitrogen and oxygen atoms in total. The Labute approximate surface area is 127 Å². The molecule has 0 fully saturated rings. The first-order chi connectivity index (χ1) is 9.63. The number of unbranched alkanes of at least 4 members (excludes halogenated alkanes) is 3. The smallest absolute Gasteiger partial charge is 0.0466 e. The van der Waals surface area contributed by atoms with Gasteiger partial charge in [-0.2, -0.15) is 0 Å². The number of hydrogen-bond donors (Lipinski definition) is 0. The topological polar surface area (TPSA) is 18.5 Å². The Bertz CT molecular complexity index is 158. The Kier molecular flexibility index (Phi) is 15.3. The first-order valence-electron chi connectivity index (χ1n) is 8.78. The lowest BCUT2D eigenvalue weighted by atomic mass is 10.1. The summed E-state index contributed by atoms with van der Waals surface area (Å²) in [7, 11) is 0. The van der Waals surface area contributed by atoms with E-state index in [0.717, 1.165) is 38.3 Å². The number of hydrogen-bond acceptors (Lipinski definition) is 2. The Morgan fingerprint density at radius 2 is 0.850 bits per heavy atom. The summed E-state index contributed by atoms with van der Waals surface area (Å²) >= 11 is 0. The molecule has 0 bridgehead atoms. The maximum atomic E-state index is 5.63. The molecule has 0 aromatic heterocycles. The van der Waals surface area contributed by atoms with E-state index in [1.807, 2.05) is 0 Å². The Balaban J connectivity index is 2.96. The molecule has 0 aliphatic rings. The van der Waals surface area contributed by atoms with E-state index in [4.69, 9.17) is 9.47 Å². The zero-order chi connectivity index (χ0) is 15.1.